The highest BCUT2D eigenvalue weighted by Crippen LogP contribution is 2.12. The van der Waals surface area contributed by atoms with Crippen molar-refractivity contribution in [2.24, 2.45) is 5.92 Å². The van der Waals surface area contributed by atoms with E-state index in [4.69, 9.17) is 0 Å². The number of hydrogen-bond acceptors (Lipinski definition) is 1. The molecule has 12 heavy (non-hydrogen) atoms. The summed E-state index contributed by atoms with van der Waals surface area (Å²) in [5.74, 6) is 0.772. The molecule has 0 N–H and O–H groups in total. The van der Waals surface area contributed by atoms with Gasteiger partial charge in [0.05, 0.1) is 0 Å². The van der Waals surface area contributed by atoms with Crippen LogP contribution in [0.4, 0.5) is 0 Å². The molecule has 1 heteroatoms. The summed E-state index contributed by atoms with van der Waals surface area (Å²) in [6, 6.07) is 0. The van der Waals surface area contributed by atoms with Crippen LogP contribution < -0.4 is 0 Å². The van der Waals surface area contributed by atoms with Gasteiger partial charge in [0.2, 0.25) is 0 Å². The van der Waals surface area contributed by atoms with Crippen molar-refractivity contribution in [3.8, 4) is 0 Å². The number of carbonyl (C=O) groups excluding carboxylic acids is 1. The molecule has 0 saturated carbocycles. The van der Waals surface area contributed by atoms with Crippen LogP contribution in [0.2, 0.25) is 0 Å². The molecule has 0 saturated heterocycles. The summed E-state index contributed by atoms with van der Waals surface area (Å²) >= 11 is 0. The Morgan fingerprint density at radius 1 is 1.42 bits per heavy atom. The van der Waals surface area contributed by atoms with Gasteiger partial charge in [-0.2, -0.15) is 0 Å². The number of rotatable bonds is 7. The van der Waals surface area contributed by atoms with E-state index in [9.17, 15) is 4.79 Å². The van der Waals surface area contributed by atoms with Crippen molar-refractivity contribution in [2.45, 2.75) is 52.9 Å². The highest BCUT2D eigenvalue weighted by Gasteiger charge is 2.04. The van der Waals surface area contributed by atoms with Gasteiger partial charge in [0.15, 0.2) is 0 Å². The maximum atomic E-state index is 10.7. The maximum Gasteiger partial charge on any atom is 0.130 e. The minimum absolute atomic E-state index is 0.300. The lowest BCUT2D eigenvalue weighted by atomic mass is 9.98. The summed E-state index contributed by atoms with van der Waals surface area (Å²) in [5, 5.41) is 0. The number of unbranched alkanes of at least 4 members (excludes halogenated alkanes) is 3. The Kier molecular flexibility index (Phi) is 7.12. The molecular weight excluding hydrogens is 148 g/mol. The Morgan fingerprint density at radius 3 is 2.58 bits per heavy atom. The molecule has 0 amide bonds. The first kappa shape index (κ1) is 11.7. The fourth-order valence-corrected chi connectivity index (χ4v) is 1.33. The lowest BCUT2D eigenvalue weighted by Crippen LogP contribution is -2.02. The standard InChI is InChI=1S/C11H21O/c1-4-5-6-7-8-10(2)9-11(3)12/h8,10H,4-7,9H2,1-3H3. The summed E-state index contributed by atoms with van der Waals surface area (Å²) in [5.41, 5.74) is 0. The zero-order valence-electron chi connectivity index (χ0n) is 8.60. The van der Waals surface area contributed by atoms with Gasteiger partial charge in [-0.3, -0.25) is 0 Å². The summed E-state index contributed by atoms with van der Waals surface area (Å²) in [7, 11) is 0. The van der Waals surface area contributed by atoms with Crippen LogP contribution in [0.1, 0.15) is 52.9 Å². The molecule has 0 aliphatic rings. The smallest absolute Gasteiger partial charge is 0.130 e. The molecule has 71 valence electrons. The Bertz CT molecular complexity index is 118. The highest BCUT2D eigenvalue weighted by molar-refractivity contribution is 5.75. The quantitative estimate of drug-likeness (QED) is 0.534. The van der Waals surface area contributed by atoms with Crippen LogP contribution in [-0.2, 0) is 4.79 Å². The Labute approximate surface area is 76.6 Å². The molecule has 0 aromatic rings. The third kappa shape index (κ3) is 7.77. The SMILES string of the molecule is CCCCC[CH]C(C)CC(C)=O. The van der Waals surface area contributed by atoms with Gasteiger partial charge in [-0.05, 0) is 25.7 Å². The highest BCUT2D eigenvalue weighted by atomic mass is 16.1. The van der Waals surface area contributed by atoms with E-state index < -0.39 is 0 Å². The van der Waals surface area contributed by atoms with Gasteiger partial charge < -0.3 is 4.79 Å². The monoisotopic (exact) mass is 169 g/mol. The van der Waals surface area contributed by atoms with E-state index in [2.05, 4.69) is 20.3 Å². The fourth-order valence-electron chi connectivity index (χ4n) is 1.33. The molecule has 0 aromatic carbocycles. The fraction of sp³-hybridized carbons (Fsp3) is 0.818. The van der Waals surface area contributed by atoms with Crippen LogP contribution in [0.3, 0.4) is 0 Å². The van der Waals surface area contributed by atoms with Crippen molar-refractivity contribution < 1.29 is 4.79 Å². The molecule has 0 aliphatic heterocycles. The summed E-state index contributed by atoms with van der Waals surface area (Å²) < 4.78 is 0. The first-order chi connectivity index (χ1) is 5.66. The second-order valence-corrected chi connectivity index (χ2v) is 3.61. The van der Waals surface area contributed by atoms with Gasteiger partial charge in [0.25, 0.3) is 0 Å². The molecule has 1 nitrogen and oxygen atoms in total. The molecule has 0 aromatic heterocycles. The molecule has 0 rings (SSSR count). The van der Waals surface area contributed by atoms with Crippen LogP contribution in [0.25, 0.3) is 0 Å². The zero-order valence-corrected chi connectivity index (χ0v) is 8.60. The average Bonchev–Trinajstić information content (AvgIpc) is 1.97. The maximum absolute atomic E-state index is 10.7. The Balaban J connectivity index is 3.19. The Morgan fingerprint density at radius 2 is 2.08 bits per heavy atom. The predicted octanol–water partition coefficient (Wildman–Crippen LogP) is 3.39. The van der Waals surface area contributed by atoms with Gasteiger partial charge in [-0.15, -0.1) is 0 Å². The van der Waals surface area contributed by atoms with E-state index in [1.165, 1.54) is 25.7 Å². The third-order valence-corrected chi connectivity index (χ3v) is 1.99. The van der Waals surface area contributed by atoms with Gasteiger partial charge in [0, 0.05) is 6.42 Å². The first-order valence-electron chi connectivity index (χ1n) is 4.99. The molecular formula is C11H21O. The van der Waals surface area contributed by atoms with Crippen LogP contribution >= 0.6 is 0 Å². The van der Waals surface area contributed by atoms with Crippen molar-refractivity contribution in [1.82, 2.24) is 0 Å². The lowest BCUT2D eigenvalue weighted by molar-refractivity contribution is -0.117. The molecule has 1 radical (unpaired) electrons. The zero-order chi connectivity index (χ0) is 9.40. The number of carbonyl (C=O) groups is 1. The summed E-state index contributed by atoms with van der Waals surface area (Å²) in [6.07, 6.45) is 8.02. The average molecular weight is 169 g/mol. The number of Topliss-reactive ketones (excluding diaryl/α,β-unsaturated/α-hetero) is 1. The first-order valence-corrected chi connectivity index (χ1v) is 4.99. The van der Waals surface area contributed by atoms with E-state index in [0.717, 1.165) is 0 Å². The van der Waals surface area contributed by atoms with E-state index in [1.807, 2.05) is 0 Å². The predicted molar refractivity (Wildman–Crippen MR) is 52.9 cm³/mol. The van der Waals surface area contributed by atoms with Crippen molar-refractivity contribution in [3.05, 3.63) is 6.42 Å². The Hall–Kier alpha value is -0.330. The van der Waals surface area contributed by atoms with Crippen molar-refractivity contribution in [2.75, 3.05) is 0 Å². The number of hydrogen-bond donors (Lipinski definition) is 0. The lowest BCUT2D eigenvalue weighted by Gasteiger charge is -2.07. The summed E-state index contributed by atoms with van der Waals surface area (Å²) in [4.78, 5) is 10.7. The second kappa shape index (κ2) is 7.33. The molecule has 1 atom stereocenters. The van der Waals surface area contributed by atoms with Gasteiger partial charge in [-0.1, -0.05) is 33.1 Å². The number of ketones is 1. The van der Waals surface area contributed by atoms with Crippen LogP contribution in [0, 0.1) is 12.3 Å². The van der Waals surface area contributed by atoms with E-state index in [1.54, 1.807) is 6.92 Å². The van der Waals surface area contributed by atoms with Crippen LogP contribution in [-0.4, -0.2) is 5.78 Å². The molecule has 1 unspecified atom stereocenters. The molecule has 0 bridgehead atoms. The van der Waals surface area contributed by atoms with E-state index in [0.29, 0.717) is 18.1 Å². The molecule has 0 aliphatic carbocycles. The van der Waals surface area contributed by atoms with E-state index in [-0.39, 0.29) is 0 Å². The molecule has 0 fully saturated rings. The van der Waals surface area contributed by atoms with Crippen LogP contribution in [0.5, 0.6) is 0 Å². The van der Waals surface area contributed by atoms with Crippen molar-refractivity contribution in [3.63, 3.8) is 0 Å². The molecule has 0 spiro atoms. The van der Waals surface area contributed by atoms with E-state index >= 15 is 0 Å². The van der Waals surface area contributed by atoms with Gasteiger partial charge >= 0.3 is 0 Å². The minimum atomic E-state index is 0.300. The van der Waals surface area contributed by atoms with Crippen molar-refractivity contribution >= 4 is 5.78 Å². The van der Waals surface area contributed by atoms with Gasteiger partial charge in [0.1, 0.15) is 5.78 Å². The molecule has 0 heterocycles. The minimum Gasteiger partial charge on any atom is -0.300 e. The van der Waals surface area contributed by atoms with Crippen LogP contribution in [0.15, 0.2) is 0 Å². The topological polar surface area (TPSA) is 17.1 Å². The van der Waals surface area contributed by atoms with Gasteiger partial charge in [-0.25, -0.2) is 0 Å². The third-order valence-electron chi connectivity index (χ3n) is 1.99. The van der Waals surface area contributed by atoms with Crippen molar-refractivity contribution in [1.29, 1.82) is 0 Å². The largest absolute Gasteiger partial charge is 0.300 e. The second-order valence-electron chi connectivity index (χ2n) is 3.61. The summed E-state index contributed by atoms with van der Waals surface area (Å²) in [6.45, 7) is 5.99. The normalized spacial score (nSPS) is 12.9.